The predicted molar refractivity (Wildman–Crippen MR) is 78.8 cm³/mol. The van der Waals surface area contributed by atoms with Gasteiger partial charge in [-0.15, -0.1) is 0 Å². The van der Waals surface area contributed by atoms with Gasteiger partial charge >= 0.3 is 5.97 Å². The average molecular weight is 344 g/mol. The summed E-state index contributed by atoms with van der Waals surface area (Å²) < 4.78 is 10.9. The van der Waals surface area contributed by atoms with Crippen LogP contribution in [-0.4, -0.2) is 68.5 Å². The molecular formula is C16H24O8. The summed E-state index contributed by atoms with van der Waals surface area (Å²) in [5.74, 6) is -1.32. The molecular weight excluding hydrogens is 320 g/mol. The minimum atomic E-state index is -1.78. The first-order valence-corrected chi connectivity index (χ1v) is 8.18. The van der Waals surface area contributed by atoms with Gasteiger partial charge in [0, 0.05) is 12.3 Å². The minimum absolute atomic E-state index is 0.0272. The molecule has 0 amide bonds. The Bertz CT molecular complexity index is 562. The lowest BCUT2D eigenvalue weighted by molar-refractivity contribution is -0.315. The third kappa shape index (κ3) is 2.32. The maximum absolute atomic E-state index is 12.5. The van der Waals surface area contributed by atoms with E-state index in [-0.39, 0.29) is 17.1 Å². The second kappa shape index (κ2) is 5.47. The Morgan fingerprint density at radius 3 is 2.38 bits per heavy atom. The van der Waals surface area contributed by atoms with Crippen molar-refractivity contribution in [1.29, 1.82) is 0 Å². The summed E-state index contributed by atoms with van der Waals surface area (Å²) in [5, 5.41) is 38.7. The van der Waals surface area contributed by atoms with Gasteiger partial charge in [-0.25, -0.2) is 4.79 Å². The van der Waals surface area contributed by atoms with E-state index in [1.54, 1.807) is 6.92 Å². The molecule has 2 aliphatic carbocycles. The monoisotopic (exact) mass is 344 g/mol. The smallest absolute Gasteiger partial charge is 0.335 e. The number of aliphatic carboxylic acids is 1. The number of fused-ring (bicyclic) bond motifs is 1. The van der Waals surface area contributed by atoms with E-state index in [9.17, 15) is 24.9 Å². The van der Waals surface area contributed by atoms with Crippen LogP contribution in [0.25, 0.3) is 0 Å². The number of carbonyl (C=O) groups excluding carboxylic acids is 1. The molecule has 1 heterocycles. The van der Waals surface area contributed by atoms with Gasteiger partial charge in [0.25, 0.3) is 0 Å². The molecule has 8 heteroatoms. The molecule has 3 aliphatic rings. The summed E-state index contributed by atoms with van der Waals surface area (Å²) in [6.07, 6.45) is -7.19. The van der Waals surface area contributed by atoms with Gasteiger partial charge in [0.05, 0.1) is 0 Å². The van der Waals surface area contributed by atoms with E-state index in [4.69, 9.17) is 14.6 Å². The minimum Gasteiger partial charge on any atom is -0.479 e. The van der Waals surface area contributed by atoms with E-state index in [2.05, 4.69) is 0 Å². The second-order valence-electron chi connectivity index (χ2n) is 7.70. The number of carboxylic acids is 1. The molecule has 4 N–H and O–H groups in total. The van der Waals surface area contributed by atoms with Gasteiger partial charge in [-0.2, -0.15) is 0 Å². The number of rotatable bonds is 4. The van der Waals surface area contributed by atoms with Gasteiger partial charge in [0.2, 0.25) is 0 Å². The van der Waals surface area contributed by atoms with E-state index in [0.717, 1.165) is 6.42 Å². The number of aliphatic hydroxyl groups is 3. The van der Waals surface area contributed by atoms with Crippen LogP contribution in [-0.2, 0) is 19.1 Å². The third-order valence-electron chi connectivity index (χ3n) is 6.15. The van der Waals surface area contributed by atoms with Gasteiger partial charge in [0.15, 0.2) is 18.2 Å². The predicted octanol–water partition coefficient (Wildman–Crippen LogP) is -0.711. The lowest BCUT2D eigenvalue weighted by Crippen LogP contribution is -2.62. The van der Waals surface area contributed by atoms with Gasteiger partial charge in [-0.1, -0.05) is 13.8 Å². The van der Waals surface area contributed by atoms with Crippen LogP contribution in [0.1, 0.15) is 33.6 Å². The molecule has 8 atom stereocenters. The number of hydrogen-bond donors (Lipinski definition) is 4. The Morgan fingerprint density at radius 1 is 1.25 bits per heavy atom. The van der Waals surface area contributed by atoms with Crippen molar-refractivity contribution in [3.05, 3.63) is 0 Å². The van der Waals surface area contributed by atoms with Crippen molar-refractivity contribution in [3.63, 3.8) is 0 Å². The Morgan fingerprint density at radius 2 is 1.88 bits per heavy atom. The lowest BCUT2D eigenvalue weighted by atomic mass is 9.90. The molecule has 8 nitrogen and oxygen atoms in total. The van der Waals surface area contributed by atoms with Crippen molar-refractivity contribution in [2.24, 2.45) is 17.3 Å². The van der Waals surface area contributed by atoms with E-state index in [1.165, 1.54) is 0 Å². The number of hydrogen-bond acceptors (Lipinski definition) is 7. The Balaban J connectivity index is 1.80. The van der Waals surface area contributed by atoms with Gasteiger partial charge in [-0.05, 0) is 24.7 Å². The Kier molecular flexibility index (Phi) is 4.05. The molecule has 1 aliphatic heterocycles. The SMILES string of the molecule is CC(C)[C@]12CC(=O)C(C)(OC3O[C@H](C(=O)O)[C@@H](O)[C@H](O)[C@H]3O)[C@H]1C2. The molecule has 24 heavy (non-hydrogen) atoms. The number of ether oxygens (including phenoxy) is 2. The Labute approximate surface area is 139 Å². The van der Waals surface area contributed by atoms with E-state index in [1.807, 2.05) is 13.8 Å². The van der Waals surface area contributed by atoms with Crippen molar-refractivity contribution in [1.82, 2.24) is 0 Å². The van der Waals surface area contributed by atoms with E-state index < -0.39 is 42.3 Å². The van der Waals surface area contributed by atoms with Crippen LogP contribution < -0.4 is 0 Å². The highest BCUT2D eigenvalue weighted by molar-refractivity contribution is 5.92. The molecule has 136 valence electrons. The first-order chi connectivity index (χ1) is 11.0. The van der Waals surface area contributed by atoms with Crippen LogP contribution in [0.4, 0.5) is 0 Å². The fourth-order valence-electron chi connectivity index (χ4n) is 4.31. The van der Waals surface area contributed by atoms with Crippen LogP contribution in [0.3, 0.4) is 0 Å². The lowest BCUT2D eigenvalue weighted by Gasteiger charge is -2.41. The molecule has 3 rings (SSSR count). The van der Waals surface area contributed by atoms with Crippen LogP contribution in [0.5, 0.6) is 0 Å². The molecule has 0 bridgehead atoms. The van der Waals surface area contributed by atoms with Crippen molar-refractivity contribution in [2.75, 3.05) is 0 Å². The van der Waals surface area contributed by atoms with Crippen LogP contribution in [0.2, 0.25) is 0 Å². The summed E-state index contributed by atoms with van der Waals surface area (Å²) >= 11 is 0. The average Bonchev–Trinajstić information content (AvgIpc) is 3.18. The molecule has 1 saturated heterocycles. The number of aliphatic hydroxyl groups excluding tert-OH is 3. The maximum Gasteiger partial charge on any atom is 0.335 e. The van der Waals surface area contributed by atoms with Crippen LogP contribution >= 0.6 is 0 Å². The van der Waals surface area contributed by atoms with E-state index >= 15 is 0 Å². The molecule has 0 spiro atoms. The van der Waals surface area contributed by atoms with E-state index in [0.29, 0.717) is 12.3 Å². The highest BCUT2D eigenvalue weighted by Crippen LogP contribution is 2.70. The molecule has 0 aromatic heterocycles. The first kappa shape index (κ1) is 17.8. The van der Waals surface area contributed by atoms with Crippen LogP contribution in [0, 0.1) is 17.3 Å². The summed E-state index contributed by atoms with van der Waals surface area (Å²) in [6, 6.07) is 0. The molecule has 0 aromatic rings. The van der Waals surface area contributed by atoms with Crippen molar-refractivity contribution in [2.45, 2.75) is 69.9 Å². The zero-order valence-corrected chi connectivity index (χ0v) is 13.9. The van der Waals surface area contributed by atoms with Crippen molar-refractivity contribution >= 4 is 11.8 Å². The van der Waals surface area contributed by atoms with Gasteiger partial charge in [-0.3, -0.25) is 4.79 Å². The topological polar surface area (TPSA) is 134 Å². The fourth-order valence-corrected chi connectivity index (χ4v) is 4.31. The number of ketones is 1. The largest absolute Gasteiger partial charge is 0.479 e. The molecule has 2 unspecified atom stereocenters. The van der Waals surface area contributed by atoms with Gasteiger partial charge in [0.1, 0.15) is 23.9 Å². The molecule has 0 aromatic carbocycles. The third-order valence-corrected chi connectivity index (χ3v) is 6.15. The fraction of sp³-hybridized carbons (Fsp3) is 0.875. The second-order valence-corrected chi connectivity index (χ2v) is 7.70. The molecule has 2 saturated carbocycles. The first-order valence-electron chi connectivity index (χ1n) is 8.18. The summed E-state index contributed by atoms with van der Waals surface area (Å²) in [5.41, 5.74) is -1.31. The quantitative estimate of drug-likeness (QED) is 0.525. The zero-order valence-electron chi connectivity index (χ0n) is 13.9. The highest BCUT2D eigenvalue weighted by Gasteiger charge is 2.73. The van der Waals surface area contributed by atoms with Crippen molar-refractivity contribution < 1.29 is 39.5 Å². The van der Waals surface area contributed by atoms with Crippen molar-refractivity contribution in [3.8, 4) is 0 Å². The summed E-state index contributed by atoms with van der Waals surface area (Å²) in [4.78, 5) is 23.7. The van der Waals surface area contributed by atoms with Gasteiger partial charge < -0.3 is 29.9 Å². The normalized spacial score (nSPS) is 50.9. The van der Waals surface area contributed by atoms with Crippen LogP contribution in [0.15, 0.2) is 0 Å². The number of carboxylic acid groups (broad SMARTS) is 1. The molecule has 3 fully saturated rings. The highest BCUT2D eigenvalue weighted by atomic mass is 16.7. The standard InChI is InChI=1S/C16H24O8/c1-6(2)16-4-7(16)15(3,8(17)5-16)24-14-11(20)9(18)10(19)12(23-14)13(21)22/h6-7,9-12,14,18-20H,4-5H2,1-3H3,(H,21,22)/t7-,9+,10+,11-,12+,14?,15?,16+/m1/s1. The zero-order chi connectivity index (χ0) is 18.0. The number of carbonyl (C=O) groups is 2. The Hall–Kier alpha value is -1.06. The summed E-state index contributed by atoms with van der Waals surface area (Å²) in [7, 11) is 0. The summed E-state index contributed by atoms with van der Waals surface area (Å²) in [6.45, 7) is 5.72. The number of Topliss-reactive ketones (excluding diaryl/α,β-unsaturated/α-hetero) is 1. The molecule has 0 radical (unpaired) electrons. The maximum atomic E-state index is 12.5.